The zero-order valence-electron chi connectivity index (χ0n) is 29.1. The normalized spacial score (nSPS) is 12.2. The Bertz CT molecular complexity index is 1670. The lowest BCUT2D eigenvalue weighted by Gasteiger charge is -2.23. The minimum absolute atomic E-state index is 0.0171. The van der Waals surface area contributed by atoms with Crippen LogP contribution in [0.2, 0.25) is 0 Å². The number of ether oxygens (including phenoxy) is 4. The molecule has 0 saturated carbocycles. The van der Waals surface area contributed by atoms with Crippen LogP contribution in [0.1, 0.15) is 108 Å². The molecule has 1 aliphatic rings. The van der Waals surface area contributed by atoms with E-state index in [1.807, 2.05) is 55.5 Å². The first-order valence-electron chi connectivity index (χ1n) is 17.5. The van der Waals surface area contributed by atoms with Crippen LogP contribution in [0.4, 0.5) is 5.69 Å². The van der Waals surface area contributed by atoms with Gasteiger partial charge in [0.1, 0.15) is 29.3 Å². The number of benzene rings is 4. The zero-order chi connectivity index (χ0) is 34.8. The fraction of sp³-hybridized carbons (Fsp3) is 0.390. The smallest absolute Gasteiger partial charge is 0.270 e. The molecule has 1 aliphatic carbocycles. The summed E-state index contributed by atoms with van der Waals surface area (Å²) in [6.07, 6.45) is 5.84. The fourth-order valence-electron chi connectivity index (χ4n) is 6.43. The maximum absolute atomic E-state index is 12.3. The molecule has 0 fully saturated rings. The molecule has 0 heterocycles. The highest BCUT2D eigenvalue weighted by Gasteiger charge is 2.24. The molecule has 258 valence electrons. The minimum Gasteiger partial charge on any atom is -0.493 e. The van der Waals surface area contributed by atoms with Gasteiger partial charge in [-0.1, -0.05) is 64.1 Å². The summed E-state index contributed by atoms with van der Waals surface area (Å²) in [6.45, 7) is 10.3. The molecule has 0 N–H and O–H groups in total. The fourth-order valence-corrected chi connectivity index (χ4v) is 6.43. The van der Waals surface area contributed by atoms with Gasteiger partial charge in [0.25, 0.3) is 5.69 Å². The van der Waals surface area contributed by atoms with Gasteiger partial charge in [-0.15, -0.1) is 0 Å². The molecule has 8 heteroatoms. The van der Waals surface area contributed by atoms with Crippen LogP contribution in [0.15, 0.2) is 60.7 Å². The summed E-state index contributed by atoms with van der Waals surface area (Å²) in [6, 6.07) is 19.2. The van der Waals surface area contributed by atoms with Crippen molar-refractivity contribution in [3.8, 4) is 23.0 Å². The summed E-state index contributed by atoms with van der Waals surface area (Å²) in [5, 5.41) is 12.3. The van der Waals surface area contributed by atoms with Crippen LogP contribution < -0.4 is 18.9 Å². The van der Waals surface area contributed by atoms with Crippen molar-refractivity contribution in [3.05, 3.63) is 121 Å². The summed E-state index contributed by atoms with van der Waals surface area (Å²) in [4.78, 5) is 24.3. The van der Waals surface area contributed by atoms with Crippen LogP contribution in [-0.4, -0.2) is 37.6 Å². The molecule has 0 radical (unpaired) electrons. The van der Waals surface area contributed by atoms with E-state index in [0.29, 0.717) is 63.4 Å². The third-order valence-corrected chi connectivity index (χ3v) is 8.52. The van der Waals surface area contributed by atoms with E-state index in [-0.39, 0.29) is 10.6 Å². The van der Waals surface area contributed by atoms with E-state index in [1.165, 1.54) is 0 Å². The summed E-state index contributed by atoms with van der Waals surface area (Å²) >= 11 is 0. The molecule has 0 unspecified atom stereocenters. The van der Waals surface area contributed by atoms with Gasteiger partial charge in [0.05, 0.1) is 31.4 Å². The van der Waals surface area contributed by atoms with E-state index in [9.17, 15) is 14.9 Å². The van der Waals surface area contributed by atoms with Crippen LogP contribution in [0, 0.1) is 10.1 Å². The van der Waals surface area contributed by atoms with Gasteiger partial charge in [0.2, 0.25) is 0 Å². The number of nitro groups is 1. The highest BCUT2D eigenvalue weighted by molar-refractivity contribution is 5.77. The number of carbonyl (C=O) groups excluding carboxylic acids is 1. The molecule has 0 amide bonds. The van der Waals surface area contributed by atoms with E-state index < -0.39 is 0 Å². The van der Waals surface area contributed by atoms with Crippen molar-refractivity contribution in [1.82, 2.24) is 0 Å². The van der Waals surface area contributed by atoms with Gasteiger partial charge in [0.15, 0.2) is 0 Å². The second-order valence-corrected chi connectivity index (χ2v) is 12.5. The average molecular weight is 666 g/mol. The van der Waals surface area contributed by atoms with E-state index in [4.69, 9.17) is 18.9 Å². The zero-order valence-corrected chi connectivity index (χ0v) is 29.1. The predicted octanol–water partition coefficient (Wildman–Crippen LogP) is 9.24. The van der Waals surface area contributed by atoms with Crippen LogP contribution in [0.5, 0.6) is 23.0 Å². The summed E-state index contributed by atoms with van der Waals surface area (Å²) in [5.74, 6) is 2.92. The third kappa shape index (κ3) is 8.42. The van der Waals surface area contributed by atoms with E-state index in [1.54, 1.807) is 12.1 Å². The summed E-state index contributed by atoms with van der Waals surface area (Å²) in [5.41, 5.74) is 7.56. The lowest BCUT2D eigenvalue weighted by molar-refractivity contribution is -0.385. The number of carbonyl (C=O) groups is 1. The first kappa shape index (κ1) is 35.5. The minimum atomic E-state index is -0.334. The Morgan fingerprint density at radius 1 is 0.551 bits per heavy atom. The molecular weight excluding hydrogens is 618 g/mol. The number of nitrogens with zero attached hydrogens (tertiary/aromatic N) is 1. The second-order valence-electron chi connectivity index (χ2n) is 12.5. The molecule has 0 aromatic heterocycles. The van der Waals surface area contributed by atoms with Crippen LogP contribution in [0.25, 0.3) is 0 Å². The molecule has 0 aliphatic heterocycles. The molecule has 0 atom stereocenters. The highest BCUT2D eigenvalue weighted by atomic mass is 16.6. The van der Waals surface area contributed by atoms with Crippen molar-refractivity contribution in [2.45, 2.75) is 79.1 Å². The number of fused-ring (bicyclic) bond motifs is 8. The molecule has 5 rings (SSSR count). The van der Waals surface area contributed by atoms with E-state index >= 15 is 0 Å². The molecule has 0 saturated heterocycles. The van der Waals surface area contributed by atoms with Gasteiger partial charge < -0.3 is 18.9 Å². The maximum atomic E-state index is 12.3. The van der Waals surface area contributed by atoms with Gasteiger partial charge in [-0.25, -0.2) is 0 Å². The Balaban J connectivity index is 1.84. The van der Waals surface area contributed by atoms with Gasteiger partial charge in [-0.05, 0) is 71.2 Å². The third-order valence-electron chi connectivity index (χ3n) is 8.52. The number of nitro benzene ring substituents is 1. The predicted molar refractivity (Wildman–Crippen MR) is 192 cm³/mol. The SMILES string of the molecule is CCCOc1c2cccc1Cc1cc([N+](=O)[O-])cc(c1OCCC)Cc1cccc(c1OCCC)Cc1cc(C=O)cc(c1OCCC)C2. The molecule has 8 bridgehead atoms. The largest absolute Gasteiger partial charge is 0.493 e. The Kier molecular flexibility index (Phi) is 12.3. The van der Waals surface area contributed by atoms with Crippen LogP contribution in [-0.2, 0) is 25.7 Å². The van der Waals surface area contributed by atoms with Crippen LogP contribution >= 0.6 is 0 Å². The molecule has 49 heavy (non-hydrogen) atoms. The standard InChI is InChI=1S/C41H47NO7/c1-5-15-46-38-29-11-9-13-31(38)23-35-25-37(42(44)45)26-36(41(35)49-18-8-4)24-32-14-10-12-30(39(32)47-16-6-2)22-34-20-28(27-43)19-33(21-29)40(34)48-17-7-3/h9-14,19-20,25-27H,5-8,15-18,21-24H2,1-4H3. The van der Waals surface area contributed by atoms with Crippen molar-refractivity contribution >= 4 is 12.0 Å². The Hall–Kier alpha value is -4.85. The number of hydrogen-bond acceptors (Lipinski definition) is 7. The Morgan fingerprint density at radius 3 is 1.14 bits per heavy atom. The van der Waals surface area contributed by atoms with E-state index in [0.717, 1.165) is 93.7 Å². The monoisotopic (exact) mass is 665 g/mol. The van der Waals surface area contributed by atoms with Crippen molar-refractivity contribution in [1.29, 1.82) is 0 Å². The number of hydrogen-bond donors (Lipinski definition) is 0. The molecule has 0 spiro atoms. The van der Waals surface area contributed by atoms with Gasteiger partial charge in [-0.2, -0.15) is 0 Å². The number of rotatable bonds is 14. The quantitative estimate of drug-likeness (QED) is 0.0663. The van der Waals surface area contributed by atoms with Gasteiger partial charge in [0, 0.05) is 54.5 Å². The van der Waals surface area contributed by atoms with Gasteiger partial charge in [-0.3, -0.25) is 14.9 Å². The Labute approximate surface area is 289 Å². The summed E-state index contributed by atoms with van der Waals surface area (Å²) in [7, 11) is 0. The van der Waals surface area contributed by atoms with Gasteiger partial charge >= 0.3 is 0 Å². The van der Waals surface area contributed by atoms with E-state index in [2.05, 4.69) is 20.8 Å². The molecule has 4 aromatic rings. The molecular formula is C41H47NO7. The number of non-ortho nitro benzene ring substituents is 1. The molecule has 8 nitrogen and oxygen atoms in total. The lowest BCUT2D eigenvalue weighted by atomic mass is 9.90. The summed E-state index contributed by atoms with van der Waals surface area (Å²) < 4.78 is 25.9. The first-order valence-corrected chi connectivity index (χ1v) is 17.5. The van der Waals surface area contributed by atoms with Crippen LogP contribution in [0.3, 0.4) is 0 Å². The second kappa shape index (κ2) is 17.0. The first-order chi connectivity index (χ1) is 23.9. The Morgan fingerprint density at radius 2 is 0.857 bits per heavy atom. The maximum Gasteiger partial charge on any atom is 0.270 e. The molecule has 4 aromatic carbocycles. The number of para-hydroxylation sites is 2. The van der Waals surface area contributed by atoms with Crippen molar-refractivity contribution in [3.63, 3.8) is 0 Å². The number of aldehydes is 1. The van der Waals surface area contributed by atoms with Crippen molar-refractivity contribution in [2.24, 2.45) is 0 Å². The lowest BCUT2D eigenvalue weighted by Crippen LogP contribution is -2.10. The van der Waals surface area contributed by atoms with Crippen molar-refractivity contribution < 1.29 is 28.7 Å². The topological polar surface area (TPSA) is 97.1 Å². The van der Waals surface area contributed by atoms with Crippen molar-refractivity contribution in [2.75, 3.05) is 26.4 Å². The average Bonchev–Trinajstić information content (AvgIpc) is 3.09. The highest BCUT2D eigenvalue weighted by Crippen LogP contribution is 2.40.